The number of rotatable bonds is 3. The standard InChI is InChI=1S/C16H23N3O5/c1-8(2)14-10-6-11(18-9(3)20)12(19(22)23)7-13(10)24-15(4,5)16(14,17)21/h6-8,14,21H,17H2,1-5H3,(H,18,20). The first-order chi connectivity index (χ1) is 10.9. The molecule has 2 atom stereocenters. The van der Waals surface area contributed by atoms with Gasteiger partial charge in [-0.3, -0.25) is 20.6 Å². The molecule has 0 saturated carbocycles. The van der Waals surface area contributed by atoms with Gasteiger partial charge in [0.05, 0.1) is 11.0 Å². The van der Waals surface area contributed by atoms with Gasteiger partial charge < -0.3 is 15.2 Å². The molecule has 0 aromatic heterocycles. The number of ether oxygens (including phenoxy) is 1. The molecule has 1 aliphatic heterocycles. The van der Waals surface area contributed by atoms with E-state index in [1.54, 1.807) is 13.8 Å². The summed E-state index contributed by atoms with van der Waals surface area (Å²) >= 11 is 0. The summed E-state index contributed by atoms with van der Waals surface area (Å²) in [6.07, 6.45) is 0. The summed E-state index contributed by atoms with van der Waals surface area (Å²) in [5, 5.41) is 24.6. The molecule has 0 saturated heterocycles. The maximum Gasteiger partial charge on any atom is 0.296 e. The fourth-order valence-corrected chi connectivity index (χ4v) is 3.19. The smallest absolute Gasteiger partial charge is 0.296 e. The van der Waals surface area contributed by atoms with Gasteiger partial charge in [0.25, 0.3) is 5.69 Å². The third kappa shape index (κ3) is 2.83. The van der Waals surface area contributed by atoms with E-state index >= 15 is 0 Å². The van der Waals surface area contributed by atoms with Gasteiger partial charge in [0.15, 0.2) is 5.72 Å². The number of aliphatic hydroxyl groups is 1. The maximum absolute atomic E-state index is 11.4. The summed E-state index contributed by atoms with van der Waals surface area (Å²) in [5.41, 5.74) is 3.66. The third-order valence-electron chi connectivity index (χ3n) is 4.44. The molecule has 1 amide bonds. The van der Waals surface area contributed by atoms with Crippen LogP contribution in [0.15, 0.2) is 12.1 Å². The normalized spacial score (nSPS) is 24.9. The van der Waals surface area contributed by atoms with Crippen molar-refractivity contribution in [2.24, 2.45) is 11.7 Å². The predicted molar refractivity (Wildman–Crippen MR) is 88.8 cm³/mol. The molecule has 0 radical (unpaired) electrons. The molecular formula is C16H23N3O5. The molecule has 132 valence electrons. The predicted octanol–water partition coefficient (Wildman–Crippen LogP) is 2.11. The minimum Gasteiger partial charge on any atom is -0.483 e. The van der Waals surface area contributed by atoms with Crippen molar-refractivity contribution in [1.29, 1.82) is 0 Å². The Morgan fingerprint density at radius 1 is 1.46 bits per heavy atom. The number of nitrogens with zero attached hydrogens (tertiary/aromatic N) is 1. The van der Waals surface area contributed by atoms with Crippen LogP contribution in [0, 0.1) is 16.0 Å². The van der Waals surface area contributed by atoms with Gasteiger partial charge in [-0.25, -0.2) is 0 Å². The van der Waals surface area contributed by atoms with Crippen LogP contribution in [0.5, 0.6) is 5.75 Å². The monoisotopic (exact) mass is 337 g/mol. The Kier molecular flexibility index (Phi) is 4.32. The van der Waals surface area contributed by atoms with Crippen LogP contribution >= 0.6 is 0 Å². The van der Waals surface area contributed by atoms with Crippen molar-refractivity contribution >= 4 is 17.3 Å². The zero-order valence-corrected chi connectivity index (χ0v) is 14.4. The number of carbonyl (C=O) groups excluding carboxylic acids is 1. The summed E-state index contributed by atoms with van der Waals surface area (Å²) < 4.78 is 5.77. The van der Waals surface area contributed by atoms with E-state index in [2.05, 4.69) is 5.32 Å². The first-order valence-electron chi connectivity index (χ1n) is 7.68. The van der Waals surface area contributed by atoms with Gasteiger partial charge in [-0.1, -0.05) is 13.8 Å². The molecule has 0 bridgehead atoms. The number of amides is 1. The molecule has 8 nitrogen and oxygen atoms in total. The second kappa shape index (κ2) is 5.71. The Morgan fingerprint density at radius 3 is 2.50 bits per heavy atom. The van der Waals surface area contributed by atoms with Gasteiger partial charge in [0, 0.05) is 18.4 Å². The Labute approximate surface area is 140 Å². The molecule has 8 heteroatoms. The summed E-state index contributed by atoms with van der Waals surface area (Å²) in [6.45, 7) is 8.33. The van der Waals surface area contributed by atoms with Crippen LogP contribution in [0.4, 0.5) is 11.4 Å². The molecule has 1 aromatic rings. The molecule has 1 aromatic carbocycles. The number of benzene rings is 1. The van der Waals surface area contributed by atoms with Crippen molar-refractivity contribution in [3.05, 3.63) is 27.8 Å². The van der Waals surface area contributed by atoms with Crippen molar-refractivity contribution in [3.8, 4) is 5.75 Å². The van der Waals surface area contributed by atoms with Crippen molar-refractivity contribution in [2.45, 2.75) is 51.9 Å². The van der Waals surface area contributed by atoms with E-state index in [1.165, 1.54) is 19.1 Å². The average Bonchev–Trinajstić information content (AvgIpc) is 2.38. The number of nitrogens with two attached hydrogens (primary N) is 1. The van der Waals surface area contributed by atoms with E-state index in [0.29, 0.717) is 5.56 Å². The summed E-state index contributed by atoms with van der Waals surface area (Å²) in [5.74, 6) is -0.730. The Balaban J connectivity index is 2.73. The van der Waals surface area contributed by atoms with Crippen LogP contribution in [0.2, 0.25) is 0 Å². The van der Waals surface area contributed by atoms with Crippen LogP contribution in [0.3, 0.4) is 0 Å². The lowest BCUT2D eigenvalue weighted by atomic mass is 9.71. The highest BCUT2D eigenvalue weighted by Gasteiger charge is 2.54. The largest absolute Gasteiger partial charge is 0.483 e. The van der Waals surface area contributed by atoms with E-state index in [0.717, 1.165) is 0 Å². The van der Waals surface area contributed by atoms with Crippen molar-refractivity contribution in [2.75, 3.05) is 5.32 Å². The number of carbonyl (C=O) groups is 1. The van der Waals surface area contributed by atoms with Gasteiger partial charge >= 0.3 is 0 Å². The molecule has 24 heavy (non-hydrogen) atoms. The number of fused-ring (bicyclic) bond motifs is 1. The van der Waals surface area contributed by atoms with Crippen LogP contribution in [-0.2, 0) is 4.79 Å². The minimum absolute atomic E-state index is 0.0519. The molecule has 1 heterocycles. The SMILES string of the molecule is CC(=O)Nc1cc2c(cc1[N+](=O)[O-])OC(C)(C)C(N)(O)C2C(C)C. The molecule has 2 rings (SSSR count). The van der Waals surface area contributed by atoms with Gasteiger partial charge in [0.2, 0.25) is 5.91 Å². The topological polar surface area (TPSA) is 128 Å². The van der Waals surface area contributed by atoms with Gasteiger partial charge in [-0.05, 0) is 25.8 Å². The molecule has 4 N–H and O–H groups in total. The van der Waals surface area contributed by atoms with Crippen LogP contribution < -0.4 is 15.8 Å². The van der Waals surface area contributed by atoms with Crippen LogP contribution in [0.1, 0.15) is 46.1 Å². The fourth-order valence-electron chi connectivity index (χ4n) is 3.19. The van der Waals surface area contributed by atoms with Crippen LogP contribution in [0.25, 0.3) is 0 Å². The number of nitro groups is 1. The zero-order chi connectivity index (χ0) is 18.4. The van der Waals surface area contributed by atoms with Crippen LogP contribution in [-0.4, -0.2) is 27.3 Å². The lowest BCUT2D eigenvalue weighted by molar-refractivity contribution is -0.384. The van der Waals surface area contributed by atoms with Crippen molar-refractivity contribution in [3.63, 3.8) is 0 Å². The quantitative estimate of drug-likeness (QED) is 0.440. The van der Waals surface area contributed by atoms with E-state index in [9.17, 15) is 20.0 Å². The van der Waals surface area contributed by atoms with E-state index in [1.807, 2.05) is 13.8 Å². The number of hydrogen-bond donors (Lipinski definition) is 3. The second-order valence-corrected chi connectivity index (χ2v) is 7.00. The molecule has 1 aliphatic rings. The van der Waals surface area contributed by atoms with Gasteiger partial charge in [0.1, 0.15) is 17.0 Å². The molecule has 0 fully saturated rings. The molecule has 0 aliphatic carbocycles. The Morgan fingerprint density at radius 2 is 2.04 bits per heavy atom. The van der Waals surface area contributed by atoms with Gasteiger partial charge in [-0.15, -0.1) is 0 Å². The number of hydrogen-bond acceptors (Lipinski definition) is 6. The highest BCUT2D eigenvalue weighted by molar-refractivity contribution is 5.92. The summed E-state index contributed by atoms with van der Waals surface area (Å²) in [6, 6.07) is 2.74. The lowest BCUT2D eigenvalue weighted by Gasteiger charge is -2.50. The lowest BCUT2D eigenvalue weighted by Crippen LogP contribution is -2.66. The van der Waals surface area contributed by atoms with Gasteiger partial charge in [-0.2, -0.15) is 0 Å². The molecule has 0 spiro atoms. The molecular weight excluding hydrogens is 314 g/mol. The first kappa shape index (κ1) is 18.2. The van der Waals surface area contributed by atoms with E-state index in [-0.39, 0.29) is 23.0 Å². The maximum atomic E-state index is 11.4. The highest BCUT2D eigenvalue weighted by Crippen LogP contribution is 2.50. The average molecular weight is 337 g/mol. The second-order valence-electron chi connectivity index (χ2n) is 7.00. The highest BCUT2D eigenvalue weighted by atomic mass is 16.6. The van der Waals surface area contributed by atoms with E-state index in [4.69, 9.17) is 10.5 Å². The van der Waals surface area contributed by atoms with Crippen molar-refractivity contribution < 1.29 is 19.6 Å². The van der Waals surface area contributed by atoms with E-state index < -0.39 is 28.1 Å². The summed E-state index contributed by atoms with van der Waals surface area (Å²) in [7, 11) is 0. The van der Waals surface area contributed by atoms with Crippen molar-refractivity contribution in [1.82, 2.24) is 0 Å². The molecule has 2 unspecified atom stereocenters. The number of nitrogens with one attached hydrogen (secondary N) is 1. The number of anilines is 1. The first-order valence-corrected chi connectivity index (χ1v) is 7.68. The third-order valence-corrected chi connectivity index (χ3v) is 4.44. The number of nitro benzene ring substituents is 1. The summed E-state index contributed by atoms with van der Waals surface area (Å²) in [4.78, 5) is 22.1. The Hall–Kier alpha value is -2.19. The fraction of sp³-hybridized carbons (Fsp3) is 0.562. The minimum atomic E-state index is -1.68. The Bertz CT molecular complexity index is 697. The zero-order valence-electron chi connectivity index (χ0n) is 14.4.